The Balaban J connectivity index is 1.21. The van der Waals surface area contributed by atoms with Crippen LogP contribution in [0.4, 0.5) is 0 Å². The molecule has 0 radical (unpaired) electrons. The van der Waals surface area contributed by atoms with Crippen LogP contribution in [0.3, 0.4) is 0 Å². The number of phenolic OH excluding ortho intramolecular Hbond substituents is 1. The minimum Gasteiger partial charge on any atom is -0.508 e. The van der Waals surface area contributed by atoms with Crippen LogP contribution in [-0.2, 0) is 6.42 Å². The zero-order valence-corrected chi connectivity index (χ0v) is 24.0. The Morgan fingerprint density at radius 1 is 0.455 bits per heavy atom. The van der Waals surface area contributed by atoms with Crippen molar-refractivity contribution >= 4 is 48.9 Å². The fraction of sp³-hybridized carbons (Fsp3) is 0.0476. The van der Waals surface area contributed by atoms with Gasteiger partial charge in [0.05, 0.1) is 0 Å². The van der Waals surface area contributed by atoms with Crippen LogP contribution in [-0.4, -0.2) is 5.11 Å². The smallest absolute Gasteiger partial charge is 0.142 e. The molecule has 0 spiro atoms. The van der Waals surface area contributed by atoms with Gasteiger partial charge in [-0.05, 0) is 84.9 Å². The van der Waals surface area contributed by atoms with Gasteiger partial charge in [-0.3, -0.25) is 0 Å². The zero-order valence-electron chi connectivity index (χ0n) is 24.0. The monoisotopic (exact) mass is 564 g/mol. The SMILES string of the molecule is Oc1ccc(-c2c3ccccc3c(-c3ccc(C4=CCCc5oc6c(ccc7ccccc76)c54)cc3)c3ccccc23)cc1. The van der Waals surface area contributed by atoms with Crippen molar-refractivity contribution in [2.75, 3.05) is 0 Å². The number of fused-ring (bicyclic) bond motifs is 7. The summed E-state index contributed by atoms with van der Waals surface area (Å²) in [6.07, 6.45) is 4.26. The van der Waals surface area contributed by atoms with Crippen LogP contribution < -0.4 is 0 Å². The molecule has 0 fully saturated rings. The van der Waals surface area contributed by atoms with E-state index in [1.54, 1.807) is 12.1 Å². The van der Waals surface area contributed by atoms with E-state index in [0.717, 1.165) is 29.7 Å². The van der Waals surface area contributed by atoms with Gasteiger partial charge in [-0.2, -0.15) is 0 Å². The lowest BCUT2D eigenvalue weighted by molar-refractivity contribution is 0.475. The molecule has 0 saturated carbocycles. The molecule has 2 heteroatoms. The average Bonchev–Trinajstić information content (AvgIpc) is 3.47. The molecule has 7 aromatic carbocycles. The van der Waals surface area contributed by atoms with Crippen molar-refractivity contribution in [3.63, 3.8) is 0 Å². The normalized spacial score (nSPS) is 13.0. The first-order chi connectivity index (χ1) is 21.7. The van der Waals surface area contributed by atoms with Gasteiger partial charge in [0, 0.05) is 22.8 Å². The van der Waals surface area contributed by atoms with E-state index in [0.29, 0.717) is 0 Å². The zero-order chi connectivity index (χ0) is 29.2. The van der Waals surface area contributed by atoms with Gasteiger partial charge in [0.25, 0.3) is 0 Å². The van der Waals surface area contributed by atoms with E-state index in [2.05, 4.69) is 115 Å². The van der Waals surface area contributed by atoms with Crippen LogP contribution in [0, 0.1) is 0 Å². The second-order valence-electron chi connectivity index (χ2n) is 11.7. The predicted octanol–water partition coefficient (Wildman–Crippen LogP) is 11.3. The number of aromatic hydroxyl groups is 1. The first kappa shape index (κ1) is 24.9. The van der Waals surface area contributed by atoms with Crippen LogP contribution in [0.1, 0.15) is 23.3 Å². The van der Waals surface area contributed by atoms with Crippen LogP contribution in [0.15, 0.2) is 144 Å². The summed E-state index contributed by atoms with van der Waals surface area (Å²) >= 11 is 0. The highest BCUT2D eigenvalue weighted by atomic mass is 16.3. The number of rotatable bonds is 3. The lowest BCUT2D eigenvalue weighted by atomic mass is 9.85. The molecule has 1 aromatic heterocycles. The van der Waals surface area contributed by atoms with E-state index in [4.69, 9.17) is 4.42 Å². The Labute approximate surface area is 255 Å². The Kier molecular flexibility index (Phi) is 5.51. The first-order valence-electron chi connectivity index (χ1n) is 15.2. The molecule has 0 unspecified atom stereocenters. The summed E-state index contributed by atoms with van der Waals surface area (Å²) < 4.78 is 6.54. The van der Waals surface area contributed by atoms with Crippen molar-refractivity contribution in [3.8, 4) is 28.0 Å². The molecule has 1 N–H and O–H groups in total. The van der Waals surface area contributed by atoms with Crippen molar-refractivity contribution < 1.29 is 9.52 Å². The van der Waals surface area contributed by atoms with Gasteiger partial charge in [-0.1, -0.05) is 121 Å². The van der Waals surface area contributed by atoms with Crippen molar-refractivity contribution in [2.45, 2.75) is 12.8 Å². The number of phenols is 1. The minimum absolute atomic E-state index is 0.274. The number of aryl methyl sites for hydroxylation is 1. The lowest BCUT2D eigenvalue weighted by Crippen LogP contribution is -1.98. The van der Waals surface area contributed by atoms with E-state index >= 15 is 0 Å². The van der Waals surface area contributed by atoms with Gasteiger partial charge in [0.1, 0.15) is 17.1 Å². The molecule has 208 valence electrons. The third-order valence-corrected chi connectivity index (χ3v) is 9.21. The summed E-state index contributed by atoms with van der Waals surface area (Å²) in [7, 11) is 0. The number of benzene rings is 7. The van der Waals surface area contributed by atoms with Gasteiger partial charge in [0.15, 0.2) is 0 Å². The third kappa shape index (κ3) is 3.74. The Hall–Kier alpha value is -5.60. The highest BCUT2D eigenvalue weighted by Crippen LogP contribution is 2.45. The molecular weight excluding hydrogens is 536 g/mol. The van der Waals surface area contributed by atoms with E-state index in [1.807, 2.05) is 12.1 Å². The summed E-state index contributed by atoms with van der Waals surface area (Å²) in [5.41, 5.74) is 9.40. The lowest BCUT2D eigenvalue weighted by Gasteiger charge is -2.18. The van der Waals surface area contributed by atoms with Crippen molar-refractivity contribution in [3.05, 3.63) is 156 Å². The summed E-state index contributed by atoms with van der Waals surface area (Å²) in [6.45, 7) is 0. The van der Waals surface area contributed by atoms with E-state index in [1.165, 1.54) is 71.1 Å². The molecule has 9 rings (SSSR count). The molecule has 0 atom stereocenters. The molecule has 0 bridgehead atoms. The highest BCUT2D eigenvalue weighted by Gasteiger charge is 2.23. The quantitative estimate of drug-likeness (QED) is 0.217. The maximum atomic E-state index is 9.97. The van der Waals surface area contributed by atoms with E-state index < -0.39 is 0 Å². The number of allylic oxidation sites excluding steroid dienone is 1. The number of hydrogen-bond acceptors (Lipinski definition) is 2. The van der Waals surface area contributed by atoms with Gasteiger partial charge in [0.2, 0.25) is 0 Å². The summed E-state index contributed by atoms with van der Waals surface area (Å²) in [4.78, 5) is 0. The fourth-order valence-electron chi connectivity index (χ4n) is 7.25. The summed E-state index contributed by atoms with van der Waals surface area (Å²) in [5, 5.41) is 18.4. The van der Waals surface area contributed by atoms with Crippen molar-refractivity contribution in [1.29, 1.82) is 0 Å². The standard InChI is InChI=1S/C42H28O2/c43-30-23-20-29(21-24-30)40-35-12-5-3-10-33(35)39(34-11-4-6-13-36(34)40)28-18-16-27(17-19-28)31-14-7-15-38-41(31)37-25-22-26-8-1-2-9-32(26)42(37)44-38/h1-6,8-14,16-25,43H,7,15H2. The van der Waals surface area contributed by atoms with Gasteiger partial charge < -0.3 is 9.52 Å². The van der Waals surface area contributed by atoms with Crippen LogP contribution >= 0.6 is 0 Å². The molecule has 0 saturated heterocycles. The Morgan fingerprint density at radius 2 is 0.977 bits per heavy atom. The summed E-state index contributed by atoms with van der Waals surface area (Å²) in [5.74, 6) is 1.36. The van der Waals surface area contributed by atoms with Crippen molar-refractivity contribution in [2.24, 2.45) is 0 Å². The second-order valence-corrected chi connectivity index (χ2v) is 11.7. The average molecular weight is 565 g/mol. The molecule has 1 heterocycles. The predicted molar refractivity (Wildman–Crippen MR) is 183 cm³/mol. The topological polar surface area (TPSA) is 33.4 Å². The maximum absolute atomic E-state index is 9.97. The van der Waals surface area contributed by atoms with Crippen molar-refractivity contribution in [1.82, 2.24) is 0 Å². The molecule has 8 aromatic rings. The second kappa shape index (κ2) is 9.72. The molecule has 2 nitrogen and oxygen atoms in total. The molecule has 0 amide bonds. The van der Waals surface area contributed by atoms with E-state index in [9.17, 15) is 5.11 Å². The Bertz CT molecular complexity index is 2370. The van der Waals surface area contributed by atoms with Crippen LogP contribution in [0.25, 0.3) is 71.1 Å². The minimum atomic E-state index is 0.274. The molecule has 1 aliphatic carbocycles. The first-order valence-corrected chi connectivity index (χ1v) is 15.2. The number of furan rings is 1. The largest absolute Gasteiger partial charge is 0.508 e. The third-order valence-electron chi connectivity index (χ3n) is 9.21. The van der Waals surface area contributed by atoms with E-state index in [-0.39, 0.29) is 5.75 Å². The number of hydrogen-bond donors (Lipinski definition) is 1. The molecule has 0 aliphatic heterocycles. The highest BCUT2D eigenvalue weighted by molar-refractivity contribution is 6.21. The van der Waals surface area contributed by atoms with Gasteiger partial charge in [-0.25, -0.2) is 0 Å². The summed E-state index contributed by atoms with van der Waals surface area (Å²) in [6, 6.07) is 46.9. The van der Waals surface area contributed by atoms with Gasteiger partial charge >= 0.3 is 0 Å². The fourth-order valence-corrected chi connectivity index (χ4v) is 7.25. The molecular formula is C42H28O2. The maximum Gasteiger partial charge on any atom is 0.142 e. The van der Waals surface area contributed by atoms with Crippen LogP contribution in [0.2, 0.25) is 0 Å². The van der Waals surface area contributed by atoms with Gasteiger partial charge in [-0.15, -0.1) is 0 Å². The Morgan fingerprint density at radius 3 is 1.59 bits per heavy atom. The molecule has 1 aliphatic rings. The van der Waals surface area contributed by atoms with Crippen LogP contribution in [0.5, 0.6) is 5.75 Å². The molecule has 44 heavy (non-hydrogen) atoms.